The van der Waals surface area contributed by atoms with Crippen LogP contribution >= 0.6 is 0 Å². The third kappa shape index (κ3) is 3.30. The largest absolute Gasteiger partial charge is 0.862 e. The van der Waals surface area contributed by atoms with Crippen molar-refractivity contribution in [2.75, 3.05) is 7.05 Å². The molecule has 0 heterocycles. The van der Waals surface area contributed by atoms with Gasteiger partial charge in [-0.1, -0.05) is 13.3 Å². The lowest BCUT2D eigenvalue weighted by atomic mass is 10.3. The van der Waals surface area contributed by atoms with Crippen molar-refractivity contribution >= 4 is 5.90 Å². The molecule has 0 aliphatic heterocycles. The van der Waals surface area contributed by atoms with Gasteiger partial charge in [0, 0.05) is 7.05 Å². The molecule has 0 spiro atoms. The monoisotopic (exact) mass is 100 g/mol. The van der Waals surface area contributed by atoms with Crippen molar-refractivity contribution in [1.82, 2.24) is 0 Å². The lowest BCUT2D eigenvalue weighted by Gasteiger charge is -2.04. The average Bonchev–Trinajstić information content (AvgIpc) is 1.68. The molecule has 42 valence electrons. The molecule has 0 aromatic rings. The molecule has 0 bridgehead atoms. The standard InChI is InChI=1S/C5H11NO/c1-3-4-5(7)6-2/h3-4H2,1-2H3,(H,6,7)/p-1. The van der Waals surface area contributed by atoms with E-state index in [1.54, 1.807) is 0 Å². The summed E-state index contributed by atoms with van der Waals surface area (Å²) >= 11 is 0. The molecule has 0 N–H and O–H groups in total. The van der Waals surface area contributed by atoms with Crippen molar-refractivity contribution < 1.29 is 5.11 Å². The van der Waals surface area contributed by atoms with Gasteiger partial charge in [-0.3, -0.25) is 0 Å². The minimum absolute atomic E-state index is 0.00231. The molecular weight excluding hydrogens is 90.1 g/mol. The van der Waals surface area contributed by atoms with Crippen LogP contribution in [-0.2, 0) is 0 Å². The van der Waals surface area contributed by atoms with E-state index in [-0.39, 0.29) is 5.90 Å². The van der Waals surface area contributed by atoms with Gasteiger partial charge in [0.2, 0.25) is 0 Å². The van der Waals surface area contributed by atoms with Gasteiger partial charge >= 0.3 is 0 Å². The second-order valence-electron chi connectivity index (χ2n) is 1.37. The molecule has 0 saturated carbocycles. The Morgan fingerprint density at radius 1 is 1.71 bits per heavy atom. The van der Waals surface area contributed by atoms with Crippen LogP contribution in [-0.4, -0.2) is 12.9 Å². The Balaban J connectivity index is 3.17. The maximum absolute atomic E-state index is 10.2. The molecular formula is C5H10NO-. The van der Waals surface area contributed by atoms with E-state index < -0.39 is 0 Å². The van der Waals surface area contributed by atoms with E-state index in [1.165, 1.54) is 7.05 Å². The van der Waals surface area contributed by atoms with Crippen LogP contribution in [0.5, 0.6) is 0 Å². The highest BCUT2D eigenvalue weighted by Crippen LogP contribution is 1.82. The summed E-state index contributed by atoms with van der Waals surface area (Å²) in [5.41, 5.74) is 0. The molecule has 0 aliphatic rings. The van der Waals surface area contributed by atoms with Crippen LogP contribution in [0, 0.1) is 0 Å². The Morgan fingerprint density at radius 3 is 2.43 bits per heavy atom. The number of rotatable bonds is 2. The normalized spacial score (nSPS) is 12.0. The van der Waals surface area contributed by atoms with Gasteiger partial charge in [-0.25, -0.2) is 0 Å². The molecule has 2 heteroatoms. The highest BCUT2D eigenvalue weighted by Gasteiger charge is 1.74. The van der Waals surface area contributed by atoms with Crippen LogP contribution in [0.1, 0.15) is 19.8 Å². The smallest absolute Gasteiger partial charge is 0.0265 e. The Morgan fingerprint density at radius 2 is 2.29 bits per heavy atom. The van der Waals surface area contributed by atoms with Crippen LogP contribution in [0.25, 0.3) is 0 Å². The SMILES string of the molecule is CCCC([O-])=NC. The molecule has 0 radical (unpaired) electrons. The molecule has 0 fully saturated rings. The van der Waals surface area contributed by atoms with Crippen molar-refractivity contribution in [3.8, 4) is 0 Å². The number of hydrogen-bond acceptors (Lipinski definition) is 2. The summed E-state index contributed by atoms with van der Waals surface area (Å²) in [5.74, 6) is 0.00231. The van der Waals surface area contributed by atoms with Gasteiger partial charge in [0.25, 0.3) is 0 Å². The van der Waals surface area contributed by atoms with Gasteiger partial charge in [-0.2, -0.15) is 0 Å². The van der Waals surface area contributed by atoms with Gasteiger partial charge in [0.05, 0.1) is 0 Å². The summed E-state index contributed by atoms with van der Waals surface area (Å²) in [4.78, 5) is 3.44. The average molecular weight is 100 g/mol. The first-order chi connectivity index (χ1) is 3.31. The third-order valence-corrected chi connectivity index (χ3v) is 0.713. The van der Waals surface area contributed by atoms with E-state index >= 15 is 0 Å². The number of hydrogen-bond donors (Lipinski definition) is 0. The van der Waals surface area contributed by atoms with Gasteiger partial charge in [-0.15, -0.1) is 0 Å². The molecule has 7 heavy (non-hydrogen) atoms. The predicted molar refractivity (Wildman–Crippen MR) is 28.3 cm³/mol. The Labute approximate surface area is 43.9 Å². The molecule has 0 unspecified atom stereocenters. The van der Waals surface area contributed by atoms with E-state index in [0.29, 0.717) is 6.42 Å². The van der Waals surface area contributed by atoms with Gasteiger partial charge in [0.15, 0.2) is 0 Å². The van der Waals surface area contributed by atoms with Crippen molar-refractivity contribution in [1.29, 1.82) is 0 Å². The summed E-state index contributed by atoms with van der Waals surface area (Å²) in [6.45, 7) is 1.96. The first-order valence-electron chi connectivity index (χ1n) is 2.44. The van der Waals surface area contributed by atoms with Crippen LogP contribution in [0.3, 0.4) is 0 Å². The second kappa shape index (κ2) is 3.65. The molecule has 0 amide bonds. The van der Waals surface area contributed by atoms with Crippen LogP contribution in [0.4, 0.5) is 0 Å². The number of aliphatic imine (C=N–C) groups is 1. The van der Waals surface area contributed by atoms with E-state index in [1.807, 2.05) is 6.92 Å². The first kappa shape index (κ1) is 6.47. The van der Waals surface area contributed by atoms with Crippen molar-refractivity contribution in [3.63, 3.8) is 0 Å². The van der Waals surface area contributed by atoms with Crippen LogP contribution < -0.4 is 5.11 Å². The molecule has 0 aromatic heterocycles. The van der Waals surface area contributed by atoms with E-state index in [2.05, 4.69) is 4.99 Å². The summed E-state index contributed by atoms with van der Waals surface area (Å²) < 4.78 is 0. The molecule has 0 saturated heterocycles. The molecule has 0 rings (SSSR count). The van der Waals surface area contributed by atoms with Gasteiger partial charge < -0.3 is 10.1 Å². The third-order valence-electron chi connectivity index (χ3n) is 0.713. The van der Waals surface area contributed by atoms with E-state index in [0.717, 1.165) is 6.42 Å². The zero-order chi connectivity index (χ0) is 5.70. The molecule has 0 aliphatic carbocycles. The Hall–Kier alpha value is -0.530. The van der Waals surface area contributed by atoms with Crippen LogP contribution in [0.2, 0.25) is 0 Å². The summed E-state index contributed by atoms with van der Waals surface area (Å²) in [6.07, 6.45) is 1.49. The zero-order valence-corrected chi connectivity index (χ0v) is 4.77. The maximum atomic E-state index is 10.2. The second-order valence-corrected chi connectivity index (χ2v) is 1.37. The summed E-state index contributed by atoms with van der Waals surface area (Å²) in [6, 6.07) is 0. The Kier molecular flexibility index (Phi) is 3.38. The molecule has 0 atom stereocenters. The van der Waals surface area contributed by atoms with Gasteiger partial charge in [-0.05, 0) is 12.3 Å². The first-order valence-corrected chi connectivity index (χ1v) is 2.44. The quantitative estimate of drug-likeness (QED) is 0.360. The summed E-state index contributed by atoms with van der Waals surface area (Å²) in [7, 11) is 1.53. The predicted octanol–water partition coefficient (Wildman–Crippen LogP) is 0.175. The zero-order valence-electron chi connectivity index (χ0n) is 4.77. The minimum Gasteiger partial charge on any atom is -0.862 e. The highest BCUT2D eigenvalue weighted by molar-refractivity contribution is 5.70. The van der Waals surface area contributed by atoms with Crippen molar-refractivity contribution in [3.05, 3.63) is 0 Å². The van der Waals surface area contributed by atoms with Gasteiger partial charge in [0.1, 0.15) is 0 Å². The van der Waals surface area contributed by atoms with Crippen molar-refractivity contribution in [2.45, 2.75) is 19.8 Å². The lowest BCUT2D eigenvalue weighted by Crippen LogP contribution is -2.15. The topological polar surface area (TPSA) is 35.4 Å². The fourth-order valence-corrected chi connectivity index (χ4v) is 0.326. The molecule has 2 nitrogen and oxygen atoms in total. The summed E-state index contributed by atoms with van der Waals surface area (Å²) in [5, 5.41) is 10.2. The van der Waals surface area contributed by atoms with E-state index in [9.17, 15) is 5.11 Å². The maximum Gasteiger partial charge on any atom is 0.0265 e. The fraction of sp³-hybridized carbons (Fsp3) is 0.800. The van der Waals surface area contributed by atoms with Crippen molar-refractivity contribution in [2.24, 2.45) is 4.99 Å². The molecule has 0 aromatic carbocycles. The Bertz CT molecular complexity index is 68.5. The van der Waals surface area contributed by atoms with Crippen LogP contribution in [0.15, 0.2) is 4.99 Å². The minimum atomic E-state index is 0.00231. The lowest BCUT2D eigenvalue weighted by molar-refractivity contribution is -0.218. The number of nitrogens with zero attached hydrogens (tertiary/aromatic N) is 1. The fourth-order valence-electron chi connectivity index (χ4n) is 0.326. The highest BCUT2D eigenvalue weighted by atomic mass is 16.3. The van der Waals surface area contributed by atoms with E-state index in [4.69, 9.17) is 0 Å².